The van der Waals surface area contributed by atoms with Gasteiger partial charge in [-0.2, -0.15) is 0 Å². The topological polar surface area (TPSA) is 77.4 Å². The molecule has 170 valence electrons. The smallest absolute Gasteiger partial charge is 0.179 e. The molecule has 0 aromatic carbocycles. The molecule has 3 unspecified atom stereocenters. The summed E-state index contributed by atoms with van der Waals surface area (Å²) in [6, 6.07) is 0. The number of alkyl halides is 4. The second-order valence-corrected chi connectivity index (χ2v) is 11.7. The molecule has 0 fully saturated rings. The van der Waals surface area contributed by atoms with Crippen molar-refractivity contribution in [2.24, 2.45) is 0 Å². The van der Waals surface area contributed by atoms with E-state index in [0.29, 0.717) is 25.7 Å². The van der Waals surface area contributed by atoms with E-state index in [9.17, 15) is 10.2 Å². The summed E-state index contributed by atoms with van der Waals surface area (Å²) in [5, 5.41) is 20.9. The van der Waals surface area contributed by atoms with E-state index in [1.807, 2.05) is 0 Å². The van der Waals surface area contributed by atoms with Crippen LogP contribution in [0.15, 0.2) is 0 Å². The van der Waals surface area contributed by atoms with E-state index in [1.54, 1.807) is 0 Å². The molecule has 0 bridgehead atoms. The van der Waals surface area contributed by atoms with Crippen LogP contribution in [-0.4, -0.2) is 92.9 Å². The van der Waals surface area contributed by atoms with Gasteiger partial charge < -0.3 is 29.2 Å². The van der Waals surface area contributed by atoms with Gasteiger partial charge in [-0.3, -0.25) is 0 Å². The van der Waals surface area contributed by atoms with Crippen LogP contribution >= 0.6 is 46.4 Å². The summed E-state index contributed by atoms with van der Waals surface area (Å²) in [6.45, 7) is 6.12. The molecule has 6 nitrogen and oxygen atoms in total. The number of hydrogen-bond donors (Lipinski definition) is 2. The Balaban J connectivity index is 4.84. The zero-order valence-electron chi connectivity index (χ0n) is 16.6. The van der Waals surface area contributed by atoms with Gasteiger partial charge in [-0.05, 0) is 19.3 Å². The first-order valence-electron chi connectivity index (χ1n) is 9.48. The van der Waals surface area contributed by atoms with E-state index in [-0.39, 0.29) is 37.1 Å². The Morgan fingerprint density at radius 3 is 1.75 bits per heavy atom. The number of rotatable bonds is 19. The molecule has 2 N–H and O–H groups in total. The Labute approximate surface area is 190 Å². The van der Waals surface area contributed by atoms with Gasteiger partial charge in [0.25, 0.3) is 0 Å². The predicted molar refractivity (Wildman–Crippen MR) is 118 cm³/mol. The second-order valence-electron chi connectivity index (χ2n) is 6.62. The van der Waals surface area contributed by atoms with Crippen LogP contribution in [-0.2, 0) is 18.9 Å². The van der Waals surface area contributed by atoms with Crippen molar-refractivity contribution in [3.8, 4) is 0 Å². The first-order valence-corrected chi connectivity index (χ1v) is 14.4. The third kappa shape index (κ3) is 12.1. The fourth-order valence-electron chi connectivity index (χ4n) is 2.41. The fraction of sp³-hybridized carbons (Fsp3) is 1.00. The average Bonchev–Trinajstić information content (AvgIpc) is 2.67. The van der Waals surface area contributed by atoms with Crippen molar-refractivity contribution in [1.29, 1.82) is 0 Å². The normalized spacial score (nSPS) is 17.5. The molecule has 0 aromatic rings. The molecule has 0 spiro atoms. The van der Waals surface area contributed by atoms with Crippen LogP contribution < -0.4 is 0 Å². The van der Waals surface area contributed by atoms with Crippen molar-refractivity contribution in [1.82, 2.24) is 0 Å². The van der Waals surface area contributed by atoms with Crippen LogP contribution in [0.1, 0.15) is 19.3 Å². The van der Waals surface area contributed by atoms with Gasteiger partial charge in [-0.1, -0.05) is 13.1 Å². The van der Waals surface area contributed by atoms with Crippen LogP contribution in [0.2, 0.25) is 13.1 Å². The Hall–Kier alpha value is 1.14. The molecule has 3 atom stereocenters. The lowest BCUT2D eigenvalue weighted by Crippen LogP contribution is -2.54. The summed E-state index contributed by atoms with van der Waals surface area (Å²) in [5.41, 5.74) is -0.190. The lowest BCUT2D eigenvalue weighted by molar-refractivity contribution is -0.207. The maximum absolute atomic E-state index is 10.4. The molecular formula is C17H34Cl4O6Si. The number of aliphatic hydroxyl groups excluding tert-OH is 2. The number of unbranched alkanes of at least 4 members (excludes halogenated alkanes) is 1. The standard InChI is InChI=1S/C17H34Cl4O6Si/c1-28(2)14(25-9-4-3-8-24-10-5-18)13-17(21,15(22)26-11-6-19)16(23)27-12-7-20/h14-16,22-23,28H,3-13H2,1-2H3. The van der Waals surface area contributed by atoms with E-state index in [1.165, 1.54) is 0 Å². The molecule has 0 radical (unpaired) electrons. The van der Waals surface area contributed by atoms with Gasteiger partial charge in [0.05, 0.1) is 28.6 Å². The second kappa shape index (κ2) is 17.8. The summed E-state index contributed by atoms with van der Waals surface area (Å²) < 4.78 is 21.9. The van der Waals surface area contributed by atoms with Crippen LogP contribution in [0.3, 0.4) is 0 Å². The van der Waals surface area contributed by atoms with Gasteiger partial charge in [-0.25, -0.2) is 0 Å². The minimum absolute atomic E-state index is 0.0896. The highest BCUT2D eigenvalue weighted by atomic mass is 35.5. The van der Waals surface area contributed by atoms with Crippen LogP contribution in [0, 0.1) is 0 Å². The summed E-state index contributed by atoms with van der Waals surface area (Å²) in [7, 11) is -1.33. The quantitative estimate of drug-likeness (QED) is 0.122. The molecule has 0 aliphatic rings. The third-order valence-corrected chi connectivity index (χ3v) is 6.93. The maximum Gasteiger partial charge on any atom is 0.179 e. The van der Waals surface area contributed by atoms with Crippen LogP contribution in [0.5, 0.6) is 0 Å². The highest BCUT2D eigenvalue weighted by Gasteiger charge is 2.47. The number of aliphatic hydroxyl groups is 2. The number of ether oxygens (including phenoxy) is 4. The van der Waals surface area contributed by atoms with Crippen molar-refractivity contribution in [2.75, 3.05) is 50.7 Å². The van der Waals surface area contributed by atoms with Gasteiger partial charge in [-0.15, -0.1) is 46.4 Å². The molecule has 0 rings (SSSR count). The van der Waals surface area contributed by atoms with Gasteiger partial charge in [0, 0.05) is 36.6 Å². The van der Waals surface area contributed by atoms with E-state index in [4.69, 9.17) is 65.4 Å². The van der Waals surface area contributed by atoms with E-state index >= 15 is 0 Å². The zero-order chi connectivity index (χ0) is 21.4. The first kappa shape index (κ1) is 29.1. The van der Waals surface area contributed by atoms with E-state index in [2.05, 4.69) is 13.1 Å². The van der Waals surface area contributed by atoms with Crippen molar-refractivity contribution in [3.63, 3.8) is 0 Å². The minimum Gasteiger partial charge on any atom is -0.382 e. The SMILES string of the molecule is C[SiH](C)C(CC(Cl)(C(O)OCCCl)C(O)OCCCl)OCCCCOCCCl. The minimum atomic E-state index is -1.59. The summed E-state index contributed by atoms with van der Waals surface area (Å²) in [5.74, 6) is 0.859. The molecule has 0 saturated heterocycles. The Morgan fingerprint density at radius 1 is 0.786 bits per heavy atom. The number of hydrogen-bond acceptors (Lipinski definition) is 6. The Kier molecular flexibility index (Phi) is 18.5. The Morgan fingerprint density at radius 2 is 1.29 bits per heavy atom. The monoisotopic (exact) mass is 502 g/mol. The summed E-state index contributed by atoms with van der Waals surface area (Å²) in [6.07, 6.45) is -1.08. The van der Waals surface area contributed by atoms with Gasteiger partial charge in [0.15, 0.2) is 12.6 Å². The predicted octanol–water partition coefficient (Wildman–Crippen LogP) is 2.95. The molecule has 0 aromatic heterocycles. The van der Waals surface area contributed by atoms with Gasteiger partial charge in [0.2, 0.25) is 0 Å². The maximum atomic E-state index is 10.4. The van der Waals surface area contributed by atoms with Crippen molar-refractivity contribution < 1.29 is 29.2 Å². The van der Waals surface area contributed by atoms with E-state index in [0.717, 1.165) is 12.8 Å². The fourth-order valence-corrected chi connectivity index (χ4v) is 4.50. The largest absolute Gasteiger partial charge is 0.382 e. The summed E-state index contributed by atoms with van der Waals surface area (Å²) in [4.78, 5) is -1.59. The third-order valence-electron chi connectivity index (χ3n) is 4.02. The number of halogens is 4. The van der Waals surface area contributed by atoms with Crippen molar-refractivity contribution >= 4 is 55.2 Å². The molecule has 28 heavy (non-hydrogen) atoms. The molecule has 0 aliphatic heterocycles. The summed E-state index contributed by atoms with van der Waals surface area (Å²) >= 11 is 23.4. The van der Waals surface area contributed by atoms with Crippen molar-refractivity contribution in [2.45, 2.75) is 55.5 Å². The lowest BCUT2D eigenvalue weighted by atomic mass is 10.0. The molecule has 0 heterocycles. The molecule has 0 amide bonds. The first-order chi connectivity index (χ1) is 13.3. The molecule has 0 aliphatic carbocycles. The highest BCUT2D eigenvalue weighted by Crippen LogP contribution is 2.33. The highest BCUT2D eigenvalue weighted by molar-refractivity contribution is 6.57. The molecular weight excluding hydrogens is 470 g/mol. The molecule has 11 heteroatoms. The molecule has 0 saturated carbocycles. The van der Waals surface area contributed by atoms with Crippen LogP contribution in [0.4, 0.5) is 0 Å². The van der Waals surface area contributed by atoms with Crippen molar-refractivity contribution in [3.05, 3.63) is 0 Å². The Bertz CT molecular complexity index is 357. The average molecular weight is 504 g/mol. The van der Waals surface area contributed by atoms with Gasteiger partial charge >= 0.3 is 0 Å². The lowest BCUT2D eigenvalue weighted by Gasteiger charge is -2.38. The van der Waals surface area contributed by atoms with Crippen LogP contribution in [0.25, 0.3) is 0 Å². The van der Waals surface area contributed by atoms with Gasteiger partial charge in [0.1, 0.15) is 4.87 Å². The van der Waals surface area contributed by atoms with E-state index < -0.39 is 26.3 Å². The zero-order valence-corrected chi connectivity index (χ0v) is 20.8.